The van der Waals surface area contributed by atoms with Gasteiger partial charge in [0.05, 0.1) is 18.3 Å². The standard InChI is InChI=1S/C50H94N16O14/c1-7-8-9-10-11-12-37(70)57-30(13-19-51)45(75)65-39(28(5)68)49(79)62-33(16-22-54)42(72)60-35-18-24-56-48(78)38(27(4)67)64-46(76)34(17-23-55)59-41(71)32(15-21-53)61-50(80)40(29(6)69)66-47(77)36(25-26(2)3)63-43(73)31(14-20-52)58-44(35)74/h26-36,38-40,67-69H,7-25,51-55H2,1-6H3,(H,56,78)(H,57,70)(H,58,74)(H,59,71)(H,60,72)(H,61,80)(H,62,79)(H,63,73)(H,64,76)(H,65,75)(H,66,77)/t27-,28-,29-,30+,31+,32+,33-,34+,35+,36-,38+,39+,40+/m1/s1. The highest BCUT2D eigenvalue weighted by Crippen LogP contribution is 2.11. The van der Waals surface area contributed by atoms with Crippen molar-refractivity contribution in [1.82, 2.24) is 58.5 Å². The zero-order valence-electron chi connectivity index (χ0n) is 47.2. The number of hydrogen-bond donors (Lipinski definition) is 19. The summed E-state index contributed by atoms with van der Waals surface area (Å²) in [6, 6.07) is -15.4. The van der Waals surface area contributed by atoms with E-state index in [1.807, 2.05) is 0 Å². The Hall–Kier alpha value is -6.15. The summed E-state index contributed by atoms with van der Waals surface area (Å²) in [6.07, 6.45) is -1.70. The normalized spacial score (nSPS) is 23.6. The van der Waals surface area contributed by atoms with Gasteiger partial charge in [-0.15, -0.1) is 0 Å². The molecule has 1 heterocycles. The lowest BCUT2D eigenvalue weighted by molar-refractivity contribution is -0.137. The summed E-state index contributed by atoms with van der Waals surface area (Å²) in [5, 5.41) is 59.3. The van der Waals surface area contributed by atoms with E-state index in [2.05, 4.69) is 65.4 Å². The molecule has 11 amide bonds. The van der Waals surface area contributed by atoms with E-state index in [0.717, 1.165) is 25.7 Å². The third-order valence-corrected chi connectivity index (χ3v) is 12.9. The fourth-order valence-electron chi connectivity index (χ4n) is 8.34. The molecule has 0 bridgehead atoms. The molecule has 0 unspecified atom stereocenters. The van der Waals surface area contributed by atoms with Crippen LogP contribution in [0.25, 0.3) is 0 Å². The number of nitrogens with one attached hydrogen (secondary N) is 11. The lowest BCUT2D eigenvalue weighted by Crippen LogP contribution is -2.62. The second-order valence-electron chi connectivity index (χ2n) is 20.4. The average Bonchev–Trinajstić information content (AvgIpc) is 3.38. The van der Waals surface area contributed by atoms with Crippen LogP contribution < -0.4 is 87.2 Å². The first-order valence-electron chi connectivity index (χ1n) is 27.7. The number of aliphatic hydroxyl groups excluding tert-OH is 3. The Bertz CT molecular complexity index is 2020. The minimum Gasteiger partial charge on any atom is -0.391 e. The van der Waals surface area contributed by atoms with Crippen molar-refractivity contribution in [3.05, 3.63) is 0 Å². The Kier molecular flexibility index (Phi) is 34.6. The fraction of sp³-hybridized carbons (Fsp3) is 0.780. The topological polar surface area (TPSA) is 511 Å². The fourth-order valence-corrected chi connectivity index (χ4v) is 8.34. The van der Waals surface area contributed by atoms with E-state index in [4.69, 9.17) is 28.7 Å². The predicted octanol–water partition coefficient (Wildman–Crippen LogP) is -7.35. The average molecular weight is 1140 g/mol. The van der Waals surface area contributed by atoms with Gasteiger partial charge in [0.1, 0.15) is 60.4 Å². The second-order valence-corrected chi connectivity index (χ2v) is 20.4. The van der Waals surface area contributed by atoms with Crippen molar-refractivity contribution in [1.29, 1.82) is 0 Å². The molecule has 0 aliphatic carbocycles. The van der Waals surface area contributed by atoms with Gasteiger partial charge < -0.3 is 102 Å². The second kappa shape index (κ2) is 38.5. The quantitative estimate of drug-likeness (QED) is 0.0324. The first-order chi connectivity index (χ1) is 37.8. The SMILES string of the molecule is CCCCCCCC(=O)N[C@@H](CCN)C(=O)N[C@H](C(=O)N[C@H](CCN)C(=O)N[C@H]1CCNC(=O)[C@H]([C@@H](C)O)NC(=O)[C@H](CCN)NC(=O)[C@H](CCN)NC(=O)[C@H]([C@@H](C)O)NC(=O)[C@@H](CC(C)C)NC(=O)[C@H](CCN)NC1=O)[C@@H](C)O. The van der Waals surface area contributed by atoms with Crippen molar-refractivity contribution in [2.75, 3.05) is 39.3 Å². The summed E-state index contributed by atoms with van der Waals surface area (Å²) >= 11 is 0. The molecule has 1 saturated heterocycles. The van der Waals surface area contributed by atoms with Crippen LogP contribution in [0.1, 0.15) is 125 Å². The minimum absolute atomic E-state index is 0.0185. The number of hydrogen-bond acceptors (Lipinski definition) is 19. The number of nitrogens with two attached hydrogens (primary N) is 5. The predicted molar refractivity (Wildman–Crippen MR) is 293 cm³/mol. The van der Waals surface area contributed by atoms with E-state index >= 15 is 0 Å². The third kappa shape index (κ3) is 26.0. The van der Waals surface area contributed by atoms with E-state index in [-0.39, 0.29) is 83.6 Å². The van der Waals surface area contributed by atoms with E-state index in [0.29, 0.717) is 6.42 Å². The maximum absolute atomic E-state index is 14.4. The van der Waals surface area contributed by atoms with E-state index in [1.54, 1.807) is 13.8 Å². The summed E-state index contributed by atoms with van der Waals surface area (Å²) in [4.78, 5) is 152. The van der Waals surface area contributed by atoms with E-state index in [9.17, 15) is 68.1 Å². The van der Waals surface area contributed by atoms with Gasteiger partial charge in [-0.2, -0.15) is 0 Å². The van der Waals surface area contributed by atoms with E-state index < -0.39 is 157 Å². The van der Waals surface area contributed by atoms with Crippen molar-refractivity contribution >= 4 is 65.0 Å². The molecular weight excluding hydrogens is 1050 g/mol. The molecule has 30 heteroatoms. The molecule has 1 aliphatic rings. The Labute approximate surface area is 468 Å². The summed E-state index contributed by atoms with van der Waals surface area (Å²) in [6.45, 7) is 7.79. The number of aliphatic hydroxyl groups is 3. The summed E-state index contributed by atoms with van der Waals surface area (Å²) in [5.74, 6) is -10.6. The molecule has 0 aromatic rings. The van der Waals surface area contributed by atoms with Gasteiger partial charge in [0.25, 0.3) is 0 Å². The van der Waals surface area contributed by atoms with Gasteiger partial charge in [0, 0.05) is 13.0 Å². The van der Waals surface area contributed by atoms with Gasteiger partial charge in [-0.1, -0.05) is 46.5 Å². The van der Waals surface area contributed by atoms with Crippen LogP contribution in [0.2, 0.25) is 0 Å². The Morgan fingerprint density at radius 2 is 0.975 bits per heavy atom. The van der Waals surface area contributed by atoms with Gasteiger partial charge in [-0.25, -0.2) is 0 Å². The van der Waals surface area contributed by atoms with Gasteiger partial charge >= 0.3 is 0 Å². The molecule has 458 valence electrons. The minimum atomic E-state index is -1.73. The summed E-state index contributed by atoms with van der Waals surface area (Å²) < 4.78 is 0. The van der Waals surface area contributed by atoms with Crippen molar-refractivity contribution in [2.45, 2.75) is 204 Å². The third-order valence-electron chi connectivity index (χ3n) is 12.9. The van der Waals surface area contributed by atoms with E-state index in [1.165, 1.54) is 20.8 Å². The van der Waals surface area contributed by atoms with Gasteiger partial charge in [-0.05, 0) is 111 Å². The van der Waals surface area contributed by atoms with Crippen LogP contribution in [0.4, 0.5) is 0 Å². The van der Waals surface area contributed by atoms with Crippen LogP contribution in [0.3, 0.4) is 0 Å². The largest absolute Gasteiger partial charge is 0.391 e. The smallest absolute Gasteiger partial charge is 0.245 e. The Balaban J connectivity index is 3.80. The monoisotopic (exact) mass is 1140 g/mol. The molecular formula is C50H94N16O14. The number of rotatable bonds is 28. The molecule has 13 atom stereocenters. The van der Waals surface area contributed by atoms with Crippen molar-refractivity contribution in [3.63, 3.8) is 0 Å². The molecule has 80 heavy (non-hydrogen) atoms. The van der Waals surface area contributed by atoms with Gasteiger partial charge in [0.2, 0.25) is 65.0 Å². The highest BCUT2D eigenvalue weighted by atomic mass is 16.3. The van der Waals surface area contributed by atoms with Crippen LogP contribution >= 0.6 is 0 Å². The maximum atomic E-state index is 14.4. The van der Waals surface area contributed by atoms with Crippen LogP contribution in [0.5, 0.6) is 0 Å². The zero-order chi connectivity index (χ0) is 60.6. The van der Waals surface area contributed by atoms with Crippen LogP contribution in [0.15, 0.2) is 0 Å². The van der Waals surface area contributed by atoms with Crippen molar-refractivity contribution < 1.29 is 68.1 Å². The maximum Gasteiger partial charge on any atom is 0.245 e. The molecule has 1 rings (SSSR count). The van der Waals surface area contributed by atoms with Gasteiger partial charge in [-0.3, -0.25) is 52.7 Å². The van der Waals surface area contributed by atoms with Crippen LogP contribution in [-0.2, 0) is 52.7 Å². The molecule has 0 aromatic carbocycles. The molecule has 24 N–H and O–H groups in total. The zero-order valence-corrected chi connectivity index (χ0v) is 47.2. The lowest BCUT2D eigenvalue weighted by atomic mass is 10.0. The highest BCUT2D eigenvalue weighted by Gasteiger charge is 2.38. The molecule has 0 aromatic heterocycles. The number of carbonyl (C=O) groups excluding carboxylic acids is 11. The number of amides is 11. The molecule has 30 nitrogen and oxygen atoms in total. The van der Waals surface area contributed by atoms with Crippen molar-refractivity contribution in [3.8, 4) is 0 Å². The summed E-state index contributed by atoms with van der Waals surface area (Å²) in [7, 11) is 0. The molecule has 1 aliphatic heterocycles. The summed E-state index contributed by atoms with van der Waals surface area (Å²) in [5.41, 5.74) is 29.0. The van der Waals surface area contributed by atoms with Crippen LogP contribution in [0, 0.1) is 5.92 Å². The number of carbonyl (C=O) groups is 11. The Morgan fingerprint density at radius 3 is 1.45 bits per heavy atom. The van der Waals surface area contributed by atoms with Gasteiger partial charge in [0.15, 0.2) is 0 Å². The Morgan fingerprint density at radius 1 is 0.525 bits per heavy atom. The van der Waals surface area contributed by atoms with Crippen LogP contribution in [-0.4, -0.2) is 198 Å². The molecule has 0 spiro atoms. The lowest BCUT2D eigenvalue weighted by Gasteiger charge is -2.29. The molecule has 1 fully saturated rings. The first-order valence-corrected chi connectivity index (χ1v) is 27.7. The molecule has 0 saturated carbocycles. The highest BCUT2D eigenvalue weighted by molar-refractivity contribution is 5.99. The first kappa shape index (κ1) is 71.9. The van der Waals surface area contributed by atoms with Crippen molar-refractivity contribution in [2.24, 2.45) is 34.6 Å². The number of unbranched alkanes of at least 4 members (excludes halogenated alkanes) is 4. The molecule has 0 radical (unpaired) electrons.